The summed E-state index contributed by atoms with van der Waals surface area (Å²) in [5.41, 5.74) is 0. The molecular weight excluding hydrogens is 386 g/mol. The van der Waals surface area contributed by atoms with Crippen molar-refractivity contribution in [1.82, 2.24) is 16.0 Å². The van der Waals surface area contributed by atoms with Crippen molar-refractivity contribution < 1.29 is 9.84 Å². The molecule has 0 aromatic heterocycles. The van der Waals surface area contributed by atoms with Gasteiger partial charge in [-0.3, -0.25) is 16.0 Å². The first-order valence-electron chi connectivity index (χ1n) is 13.3. The van der Waals surface area contributed by atoms with Gasteiger partial charge in [0.05, 0.1) is 30.7 Å². The largest absolute Gasteiger partial charge is 0.393 e. The van der Waals surface area contributed by atoms with E-state index in [4.69, 9.17) is 4.74 Å². The second kappa shape index (κ2) is 10.4. The Balaban J connectivity index is 1.51. The Morgan fingerprint density at radius 3 is 1.48 bits per heavy atom. The van der Waals surface area contributed by atoms with Gasteiger partial charge in [-0.05, 0) is 80.5 Å². The van der Waals surface area contributed by atoms with Crippen LogP contribution in [0.3, 0.4) is 0 Å². The van der Waals surface area contributed by atoms with Gasteiger partial charge in [0.25, 0.3) is 0 Å². The summed E-state index contributed by atoms with van der Waals surface area (Å²) < 4.78 is 5.56. The van der Waals surface area contributed by atoms with E-state index in [1.165, 1.54) is 38.5 Å². The zero-order valence-corrected chi connectivity index (χ0v) is 20.6. The lowest BCUT2D eigenvalue weighted by molar-refractivity contribution is -0.0532. The topological polar surface area (TPSA) is 65.5 Å². The van der Waals surface area contributed by atoms with Crippen molar-refractivity contribution >= 4 is 0 Å². The van der Waals surface area contributed by atoms with Gasteiger partial charge in [-0.1, -0.05) is 40.5 Å². The predicted molar refractivity (Wildman–Crippen MR) is 126 cm³/mol. The maximum absolute atomic E-state index is 11.0. The van der Waals surface area contributed by atoms with Crippen molar-refractivity contribution in [3.8, 4) is 0 Å². The highest BCUT2D eigenvalue weighted by Crippen LogP contribution is 2.39. The Bertz CT molecular complexity index is 541. The third-order valence-electron chi connectivity index (χ3n) is 9.51. The van der Waals surface area contributed by atoms with Crippen molar-refractivity contribution in [1.29, 1.82) is 0 Å². The van der Waals surface area contributed by atoms with E-state index in [-0.39, 0.29) is 24.3 Å². The van der Waals surface area contributed by atoms with E-state index in [9.17, 15) is 5.11 Å². The Labute approximate surface area is 190 Å². The first-order chi connectivity index (χ1) is 14.9. The SMILES string of the molecule is COC1CCC(C2NC(C3CCC(C)CC3C)NC(C3CCC(C)CC3C)N2)C(O)C1. The minimum atomic E-state index is -0.296. The van der Waals surface area contributed by atoms with E-state index < -0.39 is 0 Å². The van der Waals surface area contributed by atoms with E-state index in [0.29, 0.717) is 24.2 Å². The molecule has 180 valence electrons. The summed E-state index contributed by atoms with van der Waals surface area (Å²) in [5.74, 6) is 4.80. The van der Waals surface area contributed by atoms with Crippen LogP contribution in [0, 0.1) is 41.4 Å². The minimum Gasteiger partial charge on any atom is -0.393 e. The number of ether oxygens (including phenoxy) is 1. The van der Waals surface area contributed by atoms with Gasteiger partial charge in [0.1, 0.15) is 0 Å². The molecule has 0 amide bonds. The van der Waals surface area contributed by atoms with Gasteiger partial charge in [0, 0.05) is 13.0 Å². The first kappa shape index (κ1) is 23.9. The van der Waals surface area contributed by atoms with Gasteiger partial charge >= 0.3 is 0 Å². The molecule has 1 aliphatic heterocycles. The Hall–Kier alpha value is -0.200. The molecule has 4 N–H and O–H groups in total. The first-order valence-corrected chi connectivity index (χ1v) is 13.3. The number of aliphatic hydroxyl groups excluding tert-OH is 1. The number of hydrogen-bond donors (Lipinski definition) is 4. The molecule has 1 heterocycles. The monoisotopic (exact) mass is 435 g/mol. The summed E-state index contributed by atoms with van der Waals surface area (Å²) in [6, 6.07) is 0. The molecular formula is C26H49N3O2. The molecule has 0 radical (unpaired) electrons. The molecule has 11 unspecified atom stereocenters. The van der Waals surface area contributed by atoms with Crippen molar-refractivity contribution in [2.24, 2.45) is 41.4 Å². The molecule has 4 fully saturated rings. The van der Waals surface area contributed by atoms with E-state index in [1.807, 2.05) is 0 Å². The summed E-state index contributed by atoms with van der Waals surface area (Å²) >= 11 is 0. The Morgan fingerprint density at radius 2 is 1.06 bits per heavy atom. The zero-order valence-electron chi connectivity index (χ0n) is 20.6. The average Bonchev–Trinajstić information content (AvgIpc) is 2.73. The van der Waals surface area contributed by atoms with Crippen LogP contribution in [-0.4, -0.2) is 42.9 Å². The molecule has 3 aliphatic carbocycles. The second-order valence-electron chi connectivity index (χ2n) is 12.0. The van der Waals surface area contributed by atoms with Gasteiger partial charge in [0.2, 0.25) is 0 Å². The molecule has 4 rings (SSSR count). The highest BCUT2D eigenvalue weighted by atomic mass is 16.5. The van der Waals surface area contributed by atoms with Crippen LogP contribution in [-0.2, 0) is 4.74 Å². The molecule has 0 spiro atoms. The summed E-state index contributed by atoms with van der Waals surface area (Å²) in [6.07, 6.45) is 11.6. The summed E-state index contributed by atoms with van der Waals surface area (Å²) in [7, 11) is 1.78. The summed E-state index contributed by atoms with van der Waals surface area (Å²) in [6.45, 7) is 9.74. The number of hydrogen-bond acceptors (Lipinski definition) is 5. The third-order valence-corrected chi connectivity index (χ3v) is 9.51. The minimum absolute atomic E-state index is 0.183. The third kappa shape index (κ3) is 5.48. The van der Waals surface area contributed by atoms with Crippen LogP contribution < -0.4 is 16.0 Å². The van der Waals surface area contributed by atoms with E-state index in [2.05, 4.69) is 43.6 Å². The molecule has 31 heavy (non-hydrogen) atoms. The smallest absolute Gasteiger partial charge is 0.0649 e. The van der Waals surface area contributed by atoms with Crippen LogP contribution in [0.25, 0.3) is 0 Å². The van der Waals surface area contributed by atoms with Crippen LogP contribution in [0.15, 0.2) is 0 Å². The lowest BCUT2D eigenvalue weighted by atomic mass is 9.71. The van der Waals surface area contributed by atoms with E-state index in [0.717, 1.165) is 42.9 Å². The molecule has 1 saturated heterocycles. The summed E-state index contributed by atoms with van der Waals surface area (Å²) in [5, 5.41) is 23.0. The summed E-state index contributed by atoms with van der Waals surface area (Å²) in [4.78, 5) is 0. The predicted octanol–water partition coefficient (Wildman–Crippen LogP) is 4.07. The van der Waals surface area contributed by atoms with Gasteiger partial charge in [-0.15, -0.1) is 0 Å². The van der Waals surface area contributed by atoms with Crippen molar-refractivity contribution in [3.63, 3.8) is 0 Å². The van der Waals surface area contributed by atoms with Crippen LogP contribution in [0.4, 0.5) is 0 Å². The Kier molecular flexibility index (Phi) is 8.02. The van der Waals surface area contributed by atoms with Gasteiger partial charge in [-0.25, -0.2) is 0 Å². The highest BCUT2D eigenvalue weighted by molar-refractivity contribution is 4.98. The number of aliphatic hydroxyl groups is 1. The molecule has 5 nitrogen and oxygen atoms in total. The normalized spacial score (nSPS) is 52.1. The molecule has 3 saturated carbocycles. The maximum atomic E-state index is 11.0. The van der Waals surface area contributed by atoms with E-state index in [1.54, 1.807) is 7.11 Å². The van der Waals surface area contributed by atoms with Crippen LogP contribution in [0.2, 0.25) is 0 Å². The average molecular weight is 436 g/mol. The number of methoxy groups -OCH3 is 1. The highest BCUT2D eigenvalue weighted by Gasteiger charge is 2.44. The number of rotatable bonds is 4. The van der Waals surface area contributed by atoms with Crippen LogP contribution >= 0.6 is 0 Å². The molecule has 0 bridgehead atoms. The fourth-order valence-corrected chi connectivity index (χ4v) is 7.57. The fraction of sp³-hybridized carbons (Fsp3) is 1.00. The molecule has 4 aliphatic rings. The Morgan fingerprint density at radius 1 is 0.613 bits per heavy atom. The van der Waals surface area contributed by atoms with Crippen molar-refractivity contribution in [2.75, 3.05) is 7.11 Å². The maximum Gasteiger partial charge on any atom is 0.0649 e. The number of nitrogens with one attached hydrogen (secondary N) is 3. The standard InChI is InChI=1S/C26H49N3O2/c1-15-6-9-20(17(3)12-15)24-27-25(21-10-7-16(2)13-18(21)4)29-26(28-24)22-11-8-19(31-5)14-23(22)30/h15-30H,6-14H2,1-5H3. The molecule has 11 atom stereocenters. The molecule has 5 heteroatoms. The van der Waals surface area contributed by atoms with Crippen molar-refractivity contribution in [3.05, 3.63) is 0 Å². The lowest BCUT2D eigenvalue weighted by Crippen LogP contribution is -2.74. The van der Waals surface area contributed by atoms with Gasteiger partial charge < -0.3 is 9.84 Å². The molecule has 0 aromatic rings. The van der Waals surface area contributed by atoms with Gasteiger partial charge in [-0.2, -0.15) is 0 Å². The lowest BCUT2D eigenvalue weighted by Gasteiger charge is -2.52. The van der Waals surface area contributed by atoms with Crippen LogP contribution in [0.1, 0.15) is 85.5 Å². The van der Waals surface area contributed by atoms with E-state index >= 15 is 0 Å². The second-order valence-corrected chi connectivity index (χ2v) is 12.0. The fourth-order valence-electron chi connectivity index (χ4n) is 7.57. The van der Waals surface area contributed by atoms with Crippen molar-refractivity contribution in [2.45, 2.75) is 116 Å². The zero-order chi connectivity index (χ0) is 22.1. The van der Waals surface area contributed by atoms with Crippen LogP contribution in [0.5, 0.6) is 0 Å². The quantitative estimate of drug-likeness (QED) is 0.536. The molecule has 0 aromatic carbocycles. The van der Waals surface area contributed by atoms with Gasteiger partial charge in [0.15, 0.2) is 0 Å².